The van der Waals surface area contributed by atoms with Gasteiger partial charge in [0.25, 0.3) is 5.56 Å². The molecule has 2 aromatic rings. The van der Waals surface area contributed by atoms with Gasteiger partial charge in [-0.05, 0) is 31.2 Å². The fourth-order valence-electron chi connectivity index (χ4n) is 4.30. The molecule has 4 rings (SSSR count). The molecule has 1 saturated carbocycles. The lowest BCUT2D eigenvalue weighted by Gasteiger charge is -2.27. The van der Waals surface area contributed by atoms with E-state index in [-0.39, 0.29) is 17.7 Å². The minimum Gasteiger partial charge on any atom is -0.372 e. The lowest BCUT2D eigenvalue weighted by Crippen LogP contribution is -2.31. The Morgan fingerprint density at radius 1 is 1.36 bits per heavy atom. The summed E-state index contributed by atoms with van der Waals surface area (Å²) < 4.78 is 8.08. The summed E-state index contributed by atoms with van der Waals surface area (Å²) in [5.74, 6) is 1.25. The number of hydrogen-bond donors (Lipinski definition) is 0. The van der Waals surface area contributed by atoms with Crippen LogP contribution < -0.4 is 5.56 Å². The monoisotopic (exact) mass is 418 g/mol. The predicted octanol–water partition coefficient (Wildman–Crippen LogP) is 5.73. The van der Waals surface area contributed by atoms with Crippen LogP contribution >= 0.6 is 23.1 Å². The van der Waals surface area contributed by atoms with Crippen LogP contribution in [0.15, 0.2) is 22.1 Å². The van der Waals surface area contributed by atoms with Gasteiger partial charge in [-0.3, -0.25) is 9.36 Å². The zero-order chi connectivity index (χ0) is 19.8. The number of fused-ring (bicyclic) bond motifs is 3. The quantitative estimate of drug-likeness (QED) is 0.353. The maximum absolute atomic E-state index is 13.8. The van der Waals surface area contributed by atoms with Crippen molar-refractivity contribution in [2.24, 2.45) is 5.92 Å². The number of aromatic nitrogens is 2. The average molecular weight is 419 g/mol. The Bertz CT molecular complexity index is 938. The summed E-state index contributed by atoms with van der Waals surface area (Å²) in [5, 5.41) is 1.73. The average Bonchev–Trinajstić information content (AvgIpc) is 3.04. The van der Waals surface area contributed by atoms with E-state index >= 15 is 0 Å². The van der Waals surface area contributed by atoms with Gasteiger partial charge in [-0.2, -0.15) is 0 Å². The molecule has 2 aliphatic rings. The topological polar surface area (TPSA) is 44.1 Å². The van der Waals surface area contributed by atoms with E-state index in [0.717, 1.165) is 46.0 Å². The second-order valence-corrected chi connectivity index (χ2v) is 10.6. The van der Waals surface area contributed by atoms with Gasteiger partial charge in [0.2, 0.25) is 0 Å². The van der Waals surface area contributed by atoms with E-state index in [9.17, 15) is 4.79 Å². The molecule has 1 aliphatic heterocycles. The van der Waals surface area contributed by atoms with Crippen LogP contribution in [0.3, 0.4) is 0 Å². The predicted molar refractivity (Wildman–Crippen MR) is 119 cm³/mol. The number of nitrogens with zero attached hydrogens (tertiary/aromatic N) is 2. The van der Waals surface area contributed by atoms with Gasteiger partial charge in [0.15, 0.2) is 5.16 Å². The van der Waals surface area contributed by atoms with E-state index in [1.807, 2.05) is 11.5 Å². The Hall–Kier alpha value is -1.11. The third-order valence-corrected chi connectivity index (χ3v) is 8.16. The lowest BCUT2D eigenvalue weighted by molar-refractivity contribution is 0.00200. The van der Waals surface area contributed by atoms with E-state index in [4.69, 9.17) is 9.72 Å². The molecule has 28 heavy (non-hydrogen) atoms. The van der Waals surface area contributed by atoms with E-state index in [0.29, 0.717) is 12.5 Å². The van der Waals surface area contributed by atoms with Gasteiger partial charge >= 0.3 is 0 Å². The van der Waals surface area contributed by atoms with Crippen LogP contribution in [-0.4, -0.2) is 21.4 Å². The van der Waals surface area contributed by atoms with Crippen molar-refractivity contribution in [3.63, 3.8) is 0 Å². The second-order valence-electron chi connectivity index (χ2n) is 8.59. The van der Waals surface area contributed by atoms with Crippen LogP contribution in [0.5, 0.6) is 0 Å². The first-order valence-electron chi connectivity index (χ1n) is 10.4. The second kappa shape index (κ2) is 8.33. The number of thioether (sulfide) groups is 1. The van der Waals surface area contributed by atoms with Crippen LogP contribution in [0.1, 0.15) is 69.4 Å². The highest BCUT2D eigenvalue weighted by molar-refractivity contribution is 7.99. The van der Waals surface area contributed by atoms with Gasteiger partial charge in [0.05, 0.1) is 18.1 Å². The van der Waals surface area contributed by atoms with Gasteiger partial charge in [0.1, 0.15) is 4.83 Å². The summed E-state index contributed by atoms with van der Waals surface area (Å²) in [5.41, 5.74) is 2.47. The van der Waals surface area contributed by atoms with Crippen LogP contribution in [0.2, 0.25) is 0 Å². The fourth-order valence-corrected chi connectivity index (χ4v) is 6.37. The van der Waals surface area contributed by atoms with E-state index in [2.05, 4.69) is 20.4 Å². The van der Waals surface area contributed by atoms with Gasteiger partial charge in [0, 0.05) is 23.1 Å². The van der Waals surface area contributed by atoms with Crippen molar-refractivity contribution >= 4 is 33.3 Å². The molecule has 0 unspecified atom stereocenters. The van der Waals surface area contributed by atoms with Crippen LogP contribution in [-0.2, 0) is 17.8 Å². The minimum absolute atomic E-state index is 0.169. The minimum atomic E-state index is 0.169. The van der Waals surface area contributed by atoms with Gasteiger partial charge in [-0.1, -0.05) is 57.0 Å². The first-order valence-corrected chi connectivity index (χ1v) is 12.2. The molecular weight excluding hydrogens is 388 g/mol. The molecule has 3 heterocycles. The maximum Gasteiger partial charge on any atom is 0.263 e. The Kier molecular flexibility index (Phi) is 6.00. The first kappa shape index (κ1) is 20.2. The Morgan fingerprint density at radius 3 is 2.79 bits per heavy atom. The number of thiophene rings is 1. The molecule has 152 valence electrons. The van der Waals surface area contributed by atoms with Crippen molar-refractivity contribution < 1.29 is 4.74 Å². The molecule has 0 aromatic carbocycles. The Balaban J connectivity index is 1.84. The van der Waals surface area contributed by atoms with Crippen molar-refractivity contribution in [3.05, 3.63) is 32.9 Å². The summed E-state index contributed by atoms with van der Waals surface area (Å²) >= 11 is 3.30. The number of rotatable bonds is 5. The first-order chi connectivity index (χ1) is 13.5. The molecule has 6 heteroatoms. The van der Waals surface area contributed by atoms with E-state index in [1.165, 1.54) is 29.7 Å². The molecule has 2 aromatic heterocycles. The van der Waals surface area contributed by atoms with Crippen molar-refractivity contribution in [1.82, 2.24) is 9.55 Å². The molecule has 1 fully saturated rings. The third kappa shape index (κ3) is 3.83. The van der Waals surface area contributed by atoms with Crippen molar-refractivity contribution in [3.8, 4) is 0 Å². The molecule has 1 aliphatic carbocycles. The largest absolute Gasteiger partial charge is 0.372 e. The van der Waals surface area contributed by atoms with Gasteiger partial charge in [-0.25, -0.2) is 4.98 Å². The molecule has 0 bridgehead atoms. The zero-order valence-corrected chi connectivity index (χ0v) is 18.8. The van der Waals surface area contributed by atoms with Gasteiger partial charge < -0.3 is 4.74 Å². The van der Waals surface area contributed by atoms with Gasteiger partial charge in [-0.15, -0.1) is 11.3 Å². The highest BCUT2D eigenvalue weighted by atomic mass is 32.2. The maximum atomic E-state index is 13.8. The molecule has 0 spiro atoms. The number of hydrogen-bond acceptors (Lipinski definition) is 5. The molecule has 4 nitrogen and oxygen atoms in total. The normalized spacial score (nSPS) is 20.6. The summed E-state index contributed by atoms with van der Waals surface area (Å²) in [4.78, 5) is 20.8. The molecule has 0 radical (unpaired) electrons. The lowest BCUT2D eigenvalue weighted by atomic mass is 9.94. The van der Waals surface area contributed by atoms with Crippen molar-refractivity contribution in [2.45, 2.75) is 83.2 Å². The Labute approximate surface area is 175 Å². The Morgan fingerprint density at radius 2 is 2.11 bits per heavy atom. The summed E-state index contributed by atoms with van der Waals surface area (Å²) in [6.07, 6.45) is 6.85. The smallest absolute Gasteiger partial charge is 0.263 e. The van der Waals surface area contributed by atoms with E-state index < -0.39 is 0 Å². The highest BCUT2D eigenvalue weighted by Gasteiger charge is 2.30. The van der Waals surface area contributed by atoms with Crippen molar-refractivity contribution in [2.75, 3.05) is 5.75 Å². The standard InChI is InChI=1S/C22H30N2O2S2/c1-13(2)12-27-22-23-20-19(21(25)24(22)15-8-6-5-7-9-15)16-10-17(14(3)4)26-11-18(16)28-20/h14-15,17H,1,5-12H2,2-4H3/t17-/m0/s1. The summed E-state index contributed by atoms with van der Waals surface area (Å²) in [6, 6.07) is 0.280. The summed E-state index contributed by atoms with van der Waals surface area (Å²) in [6.45, 7) is 11.0. The SMILES string of the molecule is C=C(C)CSc1nc2sc3c(c2c(=O)n1C1CCCCC1)C[C@@H](C(C)C)OC3. The number of ether oxygens (including phenoxy) is 1. The molecule has 1 atom stereocenters. The molecule has 0 amide bonds. The third-order valence-electron chi connectivity index (χ3n) is 5.87. The summed E-state index contributed by atoms with van der Waals surface area (Å²) in [7, 11) is 0. The van der Waals surface area contributed by atoms with Crippen LogP contribution in [0, 0.1) is 5.92 Å². The van der Waals surface area contributed by atoms with Crippen molar-refractivity contribution in [1.29, 1.82) is 0 Å². The highest BCUT2D eigenvalue weighted by Crippen LogP contribution is 2.37. The van der Waals surface area contributed by atoms with E-state index in [1.54, 1.807) is 23.1 Å². The fraction of sp³-hybridized carbons (Fsp3) is 0.636. The van der Waals surface area contributed by atoms with Crippen LogP contribution in [0.25, 0.3) is 10.2 Å². The zero-order valence-electron chi connectivity index (χ0n) is 17.1. The molecule has 0 saturated heterocycles. The molecular formula is C22H30N2O2S2. The molecule has 0 N–H and O–H groups in total. The van der Waals surface area contributed by atoms with Crippen LogP contribution in [0.4, 0.5) is 0 Å².